The molecular formula is C16H18N2OS. The molecule has 0 saturated heterocycles. The Labute approximate surface area is 123 Å². The van der Waals surface area contributed by atoms with E-state index in [0.29, 0.717) is 5.82 Å². The van der Waals surface area contributed by atoms with Crippen LogP contribution in [0.25, 0.3) is 0 Å². The van der Waals surface area contributed by atoms with E-state index in [9.17, 15) is 4.79 Å². The van der Waals surface area contributed by atoms with Gasteiger partial charge in [-0.3, -0.25) is 4.79 Å². The zero-order valence-electron chi connectivity index (χ0n) is 11.8. The van der Waals surface area contributed by atoms with Gasteiger partial charge in [0.05, 0.1) is 4.88 Å². The third-order valence-corrected chi connectivity index (χ3v) is 5.03. The van der Waals surface area contributed by atoms with E-state index >= 15 is 0 Å². The Morgan fingerprint density at radius 3 is 3.15 bits per heavy atom. The number of aromatic nitrogens is 1. The summed E-state index contributed by atoms with van der Waals surface area (Å²) in [6.45, 7) is 4.22. The van der Waals surface area contributed by atoms with Gasteiger partial charge in [0.1, 0.15) is 5.82 Å². The molecular weight excluding hydrogens is 268 g/mol. The smallest absolute Gasteiger partial charge is 0.266 e. The van der Waals surface area contributed by atoms with Gasteiger partial charge in [-0.1, -0.05) is 13.0 Å². The van der Waals surface area contributed by atoms with Gasteiger partial charge in [-0.05, 0) is 55.4 Å². The molecule has 3 nitrogen and oxygen atoms in total. The molecule has 4 heteroatoms. The van der Waals surface area contributed by atoms with E-state index in [1.54, 1.807) is 17.5 Å². The number of anilines is 1. The van der Waals surface area contributed by atoms with Gasteiger partial charge in [-0.25, -0.2) is 4.98 Å². The summed E-state index contributed by atoms with van der Waals surface area (Å²) in [4.78, 5) is 18.7. The highest BCUT2D eigenvalue weighted by Gasteiger charge is 2.21. The van der Waals surface area contributed by atoms with Crippen LogP contribution in [0.3, 0.4) is 0 Å². The van der Waals surface area contributed by atoms with Crippen LogP contribution in [0.15, 0.2) is 24.4 Å². The Balaban J connectivity index is 1.80. The van der Waals surface area contributed by atoms with Gasteiger partial charge < -0.3 is 5.32 Å². The number of hydrogen-bond donors (Lipinski definition) is 1. The van der Waals surface area contributed by atoms with Gasteiger partial charge in [0, 0.05) is 11.1 Å². The molecule has 0 aliphatic heterocycles. The van der Waals surface area contributed by atoms with Gasteiger partial charge in [0.15, 0.2) is 0 Å². The molecule has 104 valence electrons. The number of aryl methyl sites for hydroxylation is 2. The van der Waals surface area contributed by atoms with E-state index in [-0.39, 0.29) is 5.91 Å². The van der Waals surface area contributed by atoms with Crippen LogP contribution >= 0.6 is 11.3 Å². The molecule has 0 bridgehead atoms. The van der Waals surface area contributed by atoms with Crippen molar-refractivity contribution in [2.75, 3.05) is 5.32 Å². The fourth-order valence-corrected chi connectivity index (χ4v) is 3.71. The molecule has 1 N–H and O–H groups in total. The molecule has 1 aliphatic carbocycles. The fraction of sp³-hybridized carbons (Fsp3) is 0.375. The third kappa shape index (κ3) is 2.61. The molecule has 3 rings (SSSR count). The van der Waals surface area contributed by atoms with Crippen LogP contribution in [0.2, 0.25) is 0 Å². The summed E-state index contributed by atoms with van der Waals surface area (Å²) in [5.74, 6) is 1.34. The summed E-state index contributed by atoms with van der Waals surface area (Å²) in [7, 11) is 0. The molecule has 0 aromatic carbocycles. The van der Waals surface area contributed by atoms with Crippen molar-refractivity contribution < 1.29 is 4.79 Å². The van der Waals surface area contributed by atoms with Gasteiger partial charge in [0.25, 0.3) is 5.91 Å². The van der Waals surface area contributed by atoms with Crippen LogP contribution in [0.5, 0.6) is 0 Å². The molecule has 2 aromatic heterocycles. The second kappa shape index (κ2) is 5.37. The van der Waals surface area contributed by atoms with Crippen LogP contribution in [0.4, 0.5) is 5.82 Å². The highest BCUT2D eigenvalue weighted by atomic mass is 32.1. The van der Waals surface area contributed by atoms with Crippen molar-refractivity contribution in [2.45, 2.75) is 33.1 Å². The first-order valence-electron chi connectivity index (χ1n) is 6.98. The van der Waals surface area contributed by atoms with Crippen LogP contribution < -0.4 is 5.32 Å². The summed E-state index contributed by atoms with van der Waals surface area (Å²) >= 11 is 1.63. The molecule has 1 aliphatic rings. The number of nitrogens with one attached hydrogen (secondary N) is 1. The van der Waals surface area contributed by atoms with Crippen LogP contribution in [-0.2, 0) is 12.8 Å². The maximum atomic E-state index is 12.3. The van der Waals surface area contributed by atoms with Gasteiger partial charge in [0.2, 0.25) is 0 Å². The summed E-state index contributed by atoms with van der Waals surface area (Å²) in [5.41, 5.74) is 2.34. The van der Waals surface area contributed by atoms with Crippen molar-refractivity contribution in [3.8, 4) is 0 Å². The zero-order chi connectivity index (χ0) is 14.1. The topological polar surface area (TPSA) is 42.0 Å². The Hall–Kier alpha value is -1.68. The summed E-state index contributed by atoms with van der Waals surface area (Å²) in [5, 5.41) is 2.91. The first kappa shape index (κ1) is 13.3. The van der Waals surface area contributed by atoms with E-state index in [2.05, 4.69) is 23.3 Å². The highest BCUT2D eigenvalue weighted by molar-refractivity contribution is 7.14. The zero-order valence-corrected chi connectivity index (χ0v) is 12.6. The lowest BCUT2D eigenvalue weighted by Gasteiger charge is -2.16. The van der Waals surface area contributed by atoms with Crippen molar-refractivity contribution in [1.82, 2.24) is 4.98 Å². The Kier molecular flexibility index (Phi) is 3.57. The standard InChI is InChI=1S/C16H18N2OS/c1-10-5-6-13-12(8-10)9-14(20-13)16(19)18-15-11(2)4-3-7-17-15/h3-4,7,9-10H,5-6,8H2,1-2H3,(H,17,18,19). The number of thiophene rings is 1. The normalized spacial score (nSPS) is 17.6. The first-order chi connectivity index (χ1) is 9.63. The minimum Gasteiger partial charge on any atom is -0.306 e. The summed E-state index contributed by atoms with van der Waals surface area (Å²) < 4.78 is 0. The van der Waals surface area contributed by atoms with Gasteiger partial charge in [-0.2, -0.15) is 0 Å². The monoisotopic (exact) mass is 286 g/mol. The highest BCUT2D eigenvalue weighted by Crippen LogP contribution is 2.32. The number of fused-ring (bicyclic) bond motifs is 1. The van der Waals surface area contributed by atoms with Crippen molar-refractivity contribution in [1.29, 1.82) is 0 Å². The fourth-order valence-electron chi connectivity index (χ4n) is 2.60. The predicted molar refractivity (Wildman–Crippen MR) is 82.4 cm³/mol. The van der Waals surface area contributed by atoms with E-state index in [1.165, 1.54) is 16.9 Å². The molecule has 0 spiro atoms. The predicted octanol–water partition coefficient (Wildman–Crippen LogP) is 3.83. The summed E-state index contributed by atoms with van der Waals surface area (Å²) in [6, 6.07) is 5.88. The third-order valence-electron chi connectivity index (χ3n) is 3.79. The van der Waals surface area contributed by atoms with Crippen molar-refractivity contribution in [3.63, 3.8) is 0 Å². The molecule has 0 saturated carbocycles. The van der Waals surface area contributed by atoms with E-state index < -0.39 is 0 Å². The number of hydrogen-bond acceptors (Lipinski definition) is 3. The minimum absolute atomic E-state index is 0.0427. The molecule has 2 aromatic rings. The Bertz CT molecular complexity index is 648. The lowest BCUT2D eigenvalue weighted by Crippen LogP contribution is -2.12. The number of pyridine rings is 1. The van der Waals surface area contributed by atoms with Gasteiger partial charge >= 0.3 is 0 Å². The van der Waals surface area contributed by atoms with Crippen LogP contribution in [0, 0.1) is 12.8 Å². The van der Waals surface area contributed by atoms with Crippen LogP contribution in [0.1, 0.15) is 39.0 Å². The first-order valence-corrected chi connectivity index (χ1v) is 7.79. The minimum atomic E-state index is -0.0427. The molecule has 0 radical (unpaired) electrons. The number of nitrogens with zero attached hydrogens (tertiary/aromatic N) is 1. The lowest BCUT2D eigenvalue weighted by atomic mass is 9.90. The quantitative estimate of drug-likeness (QED) is 0.911. The molecule has 1 unspecified atom stereocenters. The van der Waals surface area contributed by atoms with Crippen molar-refractivity contribution in [2.24, 2.45) is 5.92 Å². The number of amides is 1. The van der Waals surface area contributed by atoms with E-state index in [0.717, 1.165) is 29.2 Å². The molecule has 20 heavy (non-hydrogen) atoms. The molecule has 2 heterocycles. The average Bonchev–Trinajstić information content (AvgIpc) is 2.84. The molecule has 1 amide bonds. The second-order valence-electron chi connectivity index (χ2n) is 5.53. The van der Waals surface area contributed by atoms with Gasteiger partial charge in [-0.15, -0.1) is 11.3 Å². The lowest BCUT2D eigenvalue weighted by molar-refractivity contribution is 0.103. The Morgan fingerprint density at radius 2 is 2.35 bits per heavy atom. The number of rotatable bonds is 2. The van der Waals surface area contributed by atoms with Crippen molar-refractivity contribution >= 4 is 23.1 Å². The summed E-state index contributed by atoms with van der Waals surface area (Å²) in [6.07, 6.45) is 5.14. The maximum Gasteiger partial charge on any atom is 0.266 e. The van der Waals surface area contributed by atoms with E-state index in [4.69, 9.17) is 0 Å². The second-order valence-corrected chi connectivity index (χ2v) is 6.67. The van der Waals surface area contributed by atoms with E-state index in [1.807, 2.05) is 19.1 Å². The largest absolute Gasteiger partial charge is 0.306 e. The SMILES string of the molecule is Cc1cccnc1NC(=O)c1cc2c(s1)CCC(C)C2. The average molecular weight is 286 g/mol. The van der Waals surface area contributed by atoms with Crippen molar-refractivity contribution in [3.05, 3.63) is 45.3 Å². The van der Waals surface area contributed by atoms with Crippen LogP contribution in [-0.4, -0.2) is 10.9 Å². The number of carbonyl (C=O) groups excluding carboxylic acids is 1. The molecule has 0 fully saturated rings. The maximum absolute atomic E-state index is 12.3. The Morgan fingerprint density at radius 1 is 1.50 bits per heavy atom. The number of carbonyl (C=O) groups is 1. The molecule has 1 atom stereocenters.